The standard InChI is InChI=1S/C4H8N2O2/c1-6-4(7)5-2-3-8-6/h2-3H2,1H3,(H,5,7). The fourth-order valence-corrected chi connectivity index (χ4v) is 0.510. The Hall–Kier alpha value is -0.770. The summed E-state index contributed by atoms with van der Waals surface area (Å²) in [6, 6.07) is -0.170. The number of nitrogens with zero attached hydrogens (tertiary/aromatic N) is 1. The van der Waals surface area contributed by atoms with Gasteiger partial charge < -0.3 is 5.32 Å². The van der Waals surface area contributed by atoms with Crippen molar-refractivity contribution in [1.29, 1.82) is 0 Å². The van der Waals surface area contributed by atoms with E-state index in [9.17, 15) is 4.79 Å². The smallest absolute Gasteiger partial charge is 0.334 e. The van der Waals surface area contributed by atoms with Gasteiger partial charge in [0.25, 0.3) is 0 Å². The molecule has 1 fully saturated rings. The van der Waals surface area contributed by atoms with E-state index < -0.39 is 0 Å². The Morgan fingerprint density at radius 3 is 3.00 bits per heavy atom. The highest BCUT2D eigenvalue weighted by atomic mass is 16.7. The van der Waals surface area contributed by atoms with E-state index >= 15 is 0 Å². The lowest BCUT2D eigenvalue weighted by atomic mass is 10.6. The van der Waals surface area contributed by atoms with Gasteiger partial charge in [0.15, 0.2) is 0 Å². The summed E-state index contributed by atoms with van der Waals surface area (Å²) in [5.74, 6) is 0. The SMILES string of the molecule is CN1OCCNC1=O. The molecule has 4 nitrogen and oxygen atoms in total. The van der Waals surface area contributed by atoms with Gasteiger partial charge in [0, 0.05) is 13.6 Å². The molecule has 4 heteroatoms. The maximum atomic E-state index is 10.5. The van der Waals surface area contributed by atoms with Crippen LogP contribution in [0.2, 0.25) is 0 Å². The number of hydrogen-bond donors (Lipinski definition) is 1. The number of hydrogen-bond acceptors (Lipinski definition) is 2. The Morgan fingerprint density at radius 1 is 1.88 bits per heavy atom. The molecule has 0 aromatic rings. The van der Waals surface area contributed by atoms with Gasteiger partial charge in [-0.25, -0.2) is 9.86 Å². The van der Waals surface area contributed by atoms with Crippen LogP contribution in [0, 0.1) is 0 Å². The topological polar surface area (TPSA) is 41.6 Å². The Balaban J connectivity index is 2.39. The van der Waals surface area contributed by atoms with Crippen LogP contribution in [0.1, 0.15) is 0 Å². The van der Waals surface area contributed by atoms with Crippen LogP contribution in [0.15, 0.2) is 0 Å². The normalized spacial score (nSPS) is 20.6. The van der Waals surface area contributed by atoms with Crippen LogP contribution in [0.5, 0.6) is 0 Å². The van der Waals surface area contributed by atoms with Gasteiger partial charge in [0.05, 0.1) is 6.61 Å². The lowest BCUT2D eigenvalue weighted by molar-refractivity contribution is -0.111. The third-order valence-electron chi connectivity index (χ3n) is 0.949. The van der Waals surface area contributed by atoms with Crippen LogP contribution < -0.4 is 5.32 Å². The molecule has 1 N–H and O–H groups in total. The highest BCUT2D eigenvalue weighted by Gasteiger charge is 2.11. The minimum absolute atomic E-state index is 0.170. The highest BCUT2D eigenvalue weighted by molar-refractivity contribution is 5.73. The second-order valence-corrected chi connectivity index (χ2v) is 1.56. The molecule has 1 aliphatic heterocycles. The predicted octanol–water partition coefficient (Wildman–Crippen LogP) is -0.427. The van der Waals surface area contributed by atoms with Gasteiger partial charge in [-0.3, -0.25) is 4.84 Å². The Bertz CT molecular complexity index is 104. The molecule has 1 aliphatic rings. The molecular weight excluding hydrogens is 108 g/mol. The minimum Gasteiger partial charge on any atom is -0.334 e. The van der Waals surface area contributed by atoms with E-state index in [1.165, 1.54) is 5.06 Å². The van der Waals surface area contributed by atoms with E-state index in [4.69, 9.17) is 4.84 Å². The number of carbonyl (C=O) groups excluding carboxylic acids is 1. The largest absolute Gasteiger partial charge is 0.341 e. The average molecular weight is 116 g/mol. The fourth-order valence-electron chi connectivity index (χ4n) is 0.510. The van der Waals surface area contributed by atoms with E-state index in [0.29, 0.717) is 13.2 Å². The highest BCUT2D eigenvalue weighted by Crippen LogP contribution is 1.90. The van der Waals surface area contributed by atoms with Gasteiger partial charge in [0.1, 0.15) is 0 Å². The third-order valence-corrected chi connectivity index (χ3v) is 0.949. The van der Waals surface area contributed by atoms with Gasteiger partial charge in [-0.1, -0.05) is 0 Å². The number of nitrogens with one attached hydrogen (secondary N) is 1. The Kier molecular flexibility index (Phi) is 1.34. The molecule has 1 rings (SSSR count). The molecule has 0 unspecified atom stereocenters. The monoisotopic (exact) mass is 116 g/mol. The maximum absolute atomic E-state index is 10.5. The summed E-state index contributed by atoms with van der Waals surface area (Å²) in [5, 5.41) is 3.78. The van der Waals surface area contributed by atoms with E-state index in [0.717, 1.165) is 0 Å². The second-order valence-electron chi connectivity index (χ2n) is 1.56. The van der Waals surface area contributed by atoms with Crippen LogP contribution in [0.4, 0.5) is 4.79 Å². The van der Waals surface area contributed by atoms with Gasteiger partial charge in [0.2, 0.25) is 0 Å². The summed E-state index contributed by atoms with van der Waals surface area (Å²) >= 11 is 0. The molecule has 8 heavy (non-hydrogen) atoms. The molecule has 0 aromatic heterocycles. The molecular formula is C4H8N2O2. The van der Waals surface area contributed by atoms with Crippen LogP contribution in [0.3, 0.4) is 0 Å². The zero-order chi connectivity index (χ0) is 5.98. The van der Waals surface area contributed by atoms with Crippen molar-refractivity contribution in [3.05, 3.63) is 0 Å². The van der Waals surface area contributed by atoms with Gasteiger partial charge in [-0.15, -0.1) is 0 Å². The van der Waals surface area contributed by atoms with Crippen molar-refractivity contribution in [2.24, 2.45) is 0 Å². The first-order chi connectivity index (χ1) is 3.80. The molecule has 2 amide bonds. The van der Waals surface area contributed by atoms with E-state index in [1.807, 2.05) is 0 Å². The van der Waals surface area contributed by atoms with E-state index in [-0.39, 0.29) is 6.03 Å². The molecule has 0 radical (unpaired) electrons. The average Bonchev–Trinajstić information content (AvgIpc) is 1.77. The van der Waals surface area contributed by atoms with Crippen molar-refractivity contribution in [2.75, 3.05) is 20.2 Å². The van der Waals surface area contributed by atoms with Gasteiger partial charge in [-0.2, -0.15) is 0 Å². The molecule has 0 atom stereocenters. The first-order valence-electron chi connectivity index (χ1n) is 2.45. The zero-order valence-corrected chi connectivity index (χ0v) is 4.68. The number of rotatable bonds is 0. The molecule has 0 aliphatic carbocycles. The third kappa shape index (κ3) is 0.894. The van der Waals surface area contributed by atoms with Crippen molar-refractivity contribution >= 4 is 6.03 Å². The van der Waals surface area contributed by atoms with Gasteiger partial charge >= 0.3 is 6.03 Å². The second kappa shape index (κ2) is 2.00. The van der Waals surface area contributed by atoms with Crippen LogP contribution in [-0.2, 0) is 4.84 Å². The first kappa shape index (κ1) is 5.37. The van der Waals surface area contributed by atoms with Crippen molar-refractivity contribution in [3.8, 4) is 0 Å². The Morgan fingerprint density at radius 2 is 2.62 bits per heavy atom. The lowest BCUT2D eigenvalue weighted by Crippen LogP contribution is -2.44. The van der Waals surface area contributed by atoms with Crippen molar-refractivity contribution in [2.45, 2.75) is 0 Å². The zero-order valence-electron chi connectivity index (χ0n) is 4.68. The predicted molar refractivity (Wildman–Crippen MR) is 27.1 cm³/mol. The van der Waals surface area contributed by atoms with Crippen LogP contribution in [0.25, 0.3) is 0 Å². The number of amides is 2. The summed E-state index contributed by atoms with van der Waals surface area (Å²) in [6.07, 6.45) is 0. The van der Waals surface area contributed by atoms with Crippen LogP contribution >= 0.6 is 0 Å². The molecule has 0 aromatic carbocycles. The van der Waals surface area contributed by atoms with E-state index in [1.54, 1.807) is 7.05 Å². The molecule has 1 saturated heterocycles. The number of hydroxylamine groups is 2. The van der Waals surface area contributed by atoms with Crippen molar-refractivity contribution in [3.63, 3.8) is 0 Å². The molecule has 0 bridgehead atoms. The summed E-state index contributed by atoms with van der Waals surface area (Å²) < 4.78 is 0. The van der Waals surface area contributed by atoms with Crippen LogP contribution in [-0.4, -0.2) is 31.3 Å². The Labute approximate surface area is 47.4 Å². The summed E-state index contributed by atoms with van der Waals surface area (Å²) in [6.45, 7) is 1.19. The molecule has 0 saturated carbocycles. The fraction of sp³-hybridized carbons (Fsp3) is 0.750. The number of urea groups is 1. The maximum Gasteiger partial charge on any atom is 0.341 e. The number of carbonyl (C=O) groups is 1. The molecule has 1 heterocycles. The summed E-state index contributed by atoms with van der Waals surface area (Å²) in [7, 11) is 1.58. The van der Waals surface area contributed by atoms with Crippen molar-refractivity contribution in [1.82, 2.24) is 10.4 Å². The quantitative estimate of drug-likeness (QED) is 0.466. The van der Waals surface area contributed by atoms with Gasteiger partial charge in [-0.05, 0) is 0 Å². The molecule has 46 valence electrons. The van der Waals surface area contributed by atoms with Crippen molar-refractivity contribution < 1.29 is 9.63 Å². The lowest BCUT2D eigenvalue weighted by Gasteiger charge is -2.21. The van der Waals surface area contributed by atoms with E-state index in [2.05, 4.69) is 5.32 Å². The summed E-state index contributed by atoms with van der Waals surface area (Å²) in [4.78, 5) is 15.3. The summed E-state index contributed by atoms with van der Waals surface area (Å²) in [5.41, 5.74) is 0. The molecule has 0 spiro atoms. The minimum atomic E-state index is -0.170. The first-order valence-corrected chi connectivity index (χ1v) is 2.45.